The van der Waals surface area contributed by atoms with E-state index in [4.69, 9.17) is 16.3 Å². The molecule has 0 saturated heterocycles. The molecule has 2 heterocycles. The predicted octanol–water partition coefficient (Wildman–Crippen LogP) is 3.15. The number of aromatic nitrogens is 3. The molecule has 1 unspecified atom stereocenters. The molecule has 0 aromatic carbocycles. The second-order valence-corrected chi connectivity index (χ2v) is 5.49. The molecule has 0 spiro atoms. The lowest BCUT2D eigenvalue weighted by molar-refractivity contribution is 0.398. The van der Waals surface area contributed by atoms with E-state index in [0.29, 0.717) is 5.88 Å². The summed E-state index contributed by atoms with van der Waals surface area (Å²) in [7, 11) is 1.63. The zero-order valence-corrected chi connectivity index (χ0v) is 11.3. The first-order chi connectivity index (χ1) is 8.69. The number of halogens is 1. The highest BCUT2D eigenvalue weighted by Gasteiger charge is 2.25. The first kappa shape index (κ1) is 11.8. The van der Waals surface area contributed by atoms with Crippen molar-refractivity contribution in [2.24, 2.45) is 5.92 Å². The van der Waals surface area contributed by atoms with Crippen molar-refractivity contribution in [1.29, 1.82) is 0 Å². The number of nitrogens with zero attached hydrogens (tertiary/aromatic N) is 3. The maximum absolute atomic E-state index is 6.21. The van der Waals surface area contributed by atoms with Gasteiger partial charge in [0.1, 0.15) is 11.3 Å². The third-order valence-electron chi connectivity index (χ3n) is 3.30. The minimum absolute atomic E-state index is 0.107. The Morgan fingerprint density at radius 3 is 2.83 bits per heavy atom. The molecule has 5 heteroatoms. The van der Waals surface area contributed by atoms with Crippen LogP contribution in [0.25, 0.3) is 11.2 Å². The van der Waals surface area contributed by atoms with Crippen LogP contribution in [-0.2, 0) is 6.54 Å². The van der Waals surface area contributed by atoms with Crippen LogP contribution < -0.4 is 4.74 Å². The van der Waals surface area contributed by atoms with E-state index in [2.05, 4.69) is 14.5 Å². The highest BCUT2D eigenvalue weighted by atomic mass is 35.5. The van der Waals surface area contributed by atoms with Crippen LogP contribution in [0.3, 0.4) is 0 Å². The number of ether oxygens (including phenoxy) is 1. The minimum Gasteiger partial charge on any atom is -0.481 e. The van der Waals surface area contributed by atoms with E-state index >= 15 is 0 Å². The van der Waals surface area contributed by atoms with Gasteiger partial charge in [-0.25, -0.2) is 4.98 Å². The highest BCUT2D eigenvalue weighted by molar-refractivity contribution is 6.20. The lowest BCUT2D eigenvalue weighted by Crippen LogP contribution is -2.06. The maximum atomic E-state index is 6.21. The van der Waals surface area contributed by atoms with Gasteiger partial charge in [0.05, 0.1) is 12.5 Å². The number of rotatable bonds is 4. The fourth-order valence-corrected chi connectivity index (χ4v) is 2.32. The van der Waals surface area contributed by atoms with Crippen molar-refractivity contribution in [3.8, 4) is 5.88 Å². The van der Waals surface area contributed by atoms with Crippen LogP contribution in [-0.4, -0.2) is 21.6 Å². The zero-order valence-electron chi connectivity index (χ0n) is 10.6. The smallest absolute Gasteiger partial charge is 0.215 e. The Balaban J connectivity index is 2.14. The van der Waals surface area contributed by atoms with Gasteiger partial charge in [-0.3, -0.25) is 0 Å². The average molecular weight is 266 g/mol. The van der Waals surface area contributed by atoms with Gasteiger partial charge in [0.15, 0.2) is 5.65 Å². The molecular formula is C13H16ClN3O. The lowest BCUT2D eigenvalue weighted by atomic mass is 10.3. The highest BCUT2D eigenvalue weighted by Crippen LogP contribution is 2.34. The second-order valence-electron chi connectivity index (χ2n) is 4.84. The topological polar surface area (TPSA) is 39.9 Å². The van der Waals surface area contributed by atoms with E-state index in [1.54, 1.807) is 7.11 Å². The molecule has 96 valence electrons. The van der Waals surface area contributed by atoms with Crippen molar-refractivity contribution >= 4 is 22.8 Å². The summed E-state index contributed by atoms with van der Waals surface area (Å²) < 4.78 is 7.33. The SMILES string of the molecule is COc1ccc2nc(C(C)Cl)n(CC3CC3)c2n1. The van der Waals surface area contributed by atoms with Crippen LogP contribution >= 0.6 is 11.6 Å². The van der Waals surface area contributed by atoms with E-state index in [0.717, 1.165) is 29.5 Å². The molecule has 0 N–H and O–H groups in total. The minimum atomic E-state index is -0.107. The van der Waals surface area contributed by atoms with Gasteiger partial charge < -0.3 is 9.30 Å². The summed E-state index contributed by atoms with van der Waals surface area (Å²) >= 11 is 6.21. The number of pyridine rings is 1. The summed E-state index contributed by atoms with van der Waals surface area (Å²) in [5.41, 5.74) is 1.77. The molecule has 18 heavy (non-hydrogen) atoms. The van der Waals surface area contributed by atoms with Crippen LogP contribution in [0, 0.1) is 5.92 Å². The van der Waals surface area contributed by atoms with Gasteiger partial charge in [-0.1, -0.05) is 0 Å². The van der Waals surface area contributed by atoms with E-state index in [-0.39, 0.29) is 5.38 Å². The van der Waals surface area contributed by atoms with Gasteiger partial charge in [-0.15, -0.1) is 11.6 Å². The van der Waals surface area contributed by atoms with Crippen molar-refractivity contribution < 1.29 is 4.74 Å². The number of methoxy groups -OCH3 is 1. The summed E-state index contributed by atoms with van der Waals surface area (Å²) in [6, 6.07) is 3.77. The van der Waals surface area contributed by atoms with Gasteiger partial charge in [-0.05, 0) is 31.7 Å². The van der Waals surface area contributed by atoms with Crippen LogP contribution in [0.5, 0.6) is 5.88 Å². The van der Waals surface area contributed by atoms with Crippen LogP contribution in [0.15, 0.2) is 12.1 Å². The quantitative estimate of drug-likeness (QED) is 0.798. The molecule has 2 aromatic rings. The Kier molecular flexibility index (Phi) is 2.90. The first-order valence-corrected chi connectivity index (χ1v) is 6.68. The maximum Gasteiger partial charge on any atom is 0.215 e. The van der Waals surface area contributed by atoms with Crippen LogP contribution in [0.2, 0.25) is 0 Å². The summed E-state index contributed by atoms with van der Waals surface area (Å²) in [5.74, 6) is 2.28. The van der Waals surface area contributed by atoms with E-state index < -0.39 is 0 Å². The normalized spacial score (nSPS) is 17.1. The molecule has 1 aliphatic carbocycles. The molecule has 1 saturated carbocycles. The standard InChI is InChI=1S/C13H16ClN3O/c1-8(14)12-15-10-5-6-11(18-2)16-13(10)17(12)7-9-3-4-9/h5-6,8-9H,3-4,7H2,1-2H3. The Bertz CT molecular complexity index is 575. The van der Waals surface area contributed by atoms with E-state index in [9.17, 15) is 0 Å². The monoisotopic (exact) mass is 265 g/mol. The zero-order chi connectivity index (χ0) is 12.7. The Labute approximate surface area is 111 Å². The Morgan fingerprint density at radius 1 is 1.44 bits per heavy atom. The molecule has 4 nitrogen and oxygen atoms in total. The number of imidazole rings is 1. The van der Waals surface area contributed by atoms with Gasteiger partial charge in [0.2, 0.25) is 5.88 Å². The van der Waals surface area contributed by atoms with Gasteiger partial charge in [0, 0.05) is 12.6 Å². The molecule has 1 fully saturated rings. The second kappa shape index (κ2) is 4.43. The van der Waals surface area contributed by atoms with Gasteiger partial charge in [-0.2, -0.15) is 4.98 Å². The third kappa shape index (κ3) is 2.05. The molecule has 0 amide bonds. The molecule has 3 rings (SSSR count). The Morgan fingerprint density at radius 2 is 2.22 bits per heavy atom. The predicted molar refractivity (Wildman–Crippen MR) is 71.1 cm³/mol. The molecule has 0 aliphatic heterocycles. The van der Waals surface area contributed by atoms with E-state index in [1.165, 1.54) is 12.8 Å². The first-order valence-electron chi connectivity index (χ1n) is 6.24. The molecule has 1 atom stereocenters. The summed E-state index contributed by atoms with van der Waals surface area (Å²) in [4.78, 5) is 9.08. The summed E-state index contributed by atoms with van der Waals surface area (Å²) in [6.45, 7) is 2.91. The molecule has 2 aromatic heterocycles. The summed E-state index contributed by atoms with van der Waals surface area (Å²) in [6.07, 6.45) is 2.58. The Hall–Kier alpha value is -1.29. The molecular weight excluding hydrogens is 250 g/mol. The molecule has 1 aliphatic rings. The van der Waals surface area contributed by atoms with Crippen molar-refractivity contribution in [1.82, 2.24) is 14.5 Å². The van der Waals surface area contributed by atoms with Gasteiger partial charge >= 0.3 is 0 Å². The van der Waals surface area contributed by atoms with E-state index in [1.807, 2.05) is 19.1 Å². The van der Waals surface area contributed by atoms with Crippen molar-refractivity contribution in [2.75, 3.05) is 7.11 Å². The molecule has 0 bridgehead atoms. The van der Waals surface area contributed by atoms with Crippen molar-refractivity contribution in [2.45, 2.75) is 31.7 Å². The number of hydrogen-bond acceptors (Lipinski definition) is 3. The number of fused-ring (bicyclic) bond motifs is 1. The van der Waals surface area contributed by atoms with Crippen LogP contribution in [0.4, 0.5) is 0 Å². The fourth-order valence-electron chi connectivity index (χ4n) is 2.16. The largest absolute Gasteiger partial charge is 0.481 e. The van der Waals surface area contributed by atoms with Gasteiger partial charge in [0.25, 0.3) is 0 Å². The average Bonchev–Trinajstić information content (AvgIpc) is 3.10. The summed E-state index contributed by atoms with van der Waals surface area (Å²) in [5, 5.41) is -0.107. The van der Waals surface area contributed by atoms with Crippen LogP contribution in [0.1, 0.15) is 31.0 Å². The lowest BCUT2D eigenvalue weighted by Gasteiger charge is -2.09. The number of hydrogen-bond donors (Lipinski definition) is 0. The number of alkyl halides is 1. The molecule has 0 radical (unpaired) electrons. The van der Waals surface area contributed by atoms with Crippen molar-refractivity contribution in [3.05, 3.63) is 18.0 Å². The third-order valence-corrected chi connectivity index (χ3v) is 3.49. The van der Waals surface area contributed by atoms with Crippen molar-refractivity contribution in [3.63, 3.8) is 0 Å². The fraction of sp³-hybridized carbons (Fsp3) is 0.538.